The van der Waals surface area contributed by atoms with Crippen molar-refractivity contribution < 1.29 is 36.7 Å². The molecule has 61 heavy (non-hydrogen) atoms. The second-order valence-corrected chi connectivity index (χ2v) is 18.7. The van der Waals surface area contributed by atoms with Gasteiger partial charge in [-0.2, -0.15) is 0 Å². The number of amides is 3. The third-order valence-corrected chi connectivity index (χ3v) is 13.2. The molecule has 2 aliphatic heterocycles. The molecule has 3 N–H and O–H groups in total. The molecule has 2 aromatic carbocycles. The Hall–Kier alpha value is -4.79. The first kappa shape index (κ1) is 44.3. The third-order valence-electron chi connectivity index (χ3n) is 13.2. The van der Waals surface area contributed by atoms with Gasteiger partial charge in [0.25, 0.3) is 0 Å². The highest BCUT2D eigenvalue weighted by atomic mass is 19.1. The molecular weight excluding hydrogens is 791 g/mol. The van der Waals surface area contributed by atoms with Crippen LogP contribution < -0.4 is 10.6 Å². The maximum atomic E-state index is 15.6. The number of Topliss-reactive ketones (excluding diaryl/α,β-unsaturated/α-hetero) is 1. The minimum absolute atomic E-state index is 0.00177. The molecule has 0 bridgehead atoms. The Bertz CT molecular complexity index is 2300. The number of benzene rings is 2. The third kappa shape index (κ3) is 9.22. The number of imidazole rings is 1. The molecule has 4 heterocycles. The summed E-state index contributed by atoms with van der Waals surface area (Å²) < 4.78 is 62.6. The van der Waals surface area contributed by atoms with Crippen LogP contribution in [0.15, 0.2) is 36.4 Å². The van der Waals surface area contributed by atoms with Gasteiger partial charge in [-0.1, -0.05) is 34.6 Å². The van der Waals surface area contributed by atoms with Crippen molar-refractivity contribution in [2.24, 2.45) is 23.2 Å². The molecule has 0 spiro atoms. The van der Waals surface area contributed by atoms with E-state index < -0.39 is 65.4 Å². The zero-order valence-electron chi connectivity index (χ0n) is 36.2. The van der Waals surface area contributed by atoms with Gasteiger partial charge in [-0.05, 0) is 86.9 Å². The average molecular weight is 850 g/mol. The largest absolute Gasteiger partial charge is 0.352 e. The van der Waals surface area contributed by atoms with E-state index in [1.165, 1.54) is 29.2 Å². The van der Waals surface area contributed by atoms with Gasteiger partial charge in [-0.3, -0.25) is 19.2 Å². The predicted octanol–water partition coefficient (Wildman–Crippen LogP) is 7.05. The molecule has 15 heteroatoms. The van der Waals surface area contributed by atoms with E-state index >= 15 is 8.78 Å². The van der Waals surface area contributed by atoms with E-state index in [1.54, 1.807) is 42.5 Å². The molecule has 8 atom stereocenters. The summed E-state index contributed by atoms with van der Waals surface area (Å²) in [6.07, 6.45) is -0.153. The van der Waals surface area contributed by atoms with Crippen LogP contribution in [0, 0.1) is 34.8 Å². The fourth-order valence-electron chi connectivity index (χ4n) is 9.19. The predicted molar refractivity (Wildman–Crippen MR) is 226 cm³/mol. The van der Waals surface area contributed by atoms with Gasteiger partial charge in [-0.25, -0.2) is 22.5 Å². The van der Waals surface area contributed by atoms with E-state index in [1.807, 2.05) is 27.7 Å². The number of nitrogens with zero attached hydrogens (tertiary/aromatic N) is 4. The topological polar surface area (TPSA) is 132 Å². The van der Waals surface area contributed by atoms with Gasteiger partial charge in [0.2, 0.25) is 17.7 Å². The number of alkyl halides is 2. The van der Waals surface area contributed by atoms with Gasteiger partial charge in [-0.15, -0.1) is 0 Å². The summed E-state index contributed by atoms with van der Waals surface area (Å²) in [5.74, 6) is -2.57. The molecule has 2 aromatic heterocycles. The minimum Gasteiger partial charge on any atom is -0.352 e. The van der Waals surface area contributed by atoms with Gasteiger partial charge >= 0.3 is 0 Å². The maximum Gasteiger partial charge on any atom is 0.246 e. The van der Waals surface area contributed by atoms with Crippen molar-refractivity contribution in [1.29, 1.82) is 0 Å². The smallest absolute Gasteiger partial charge is 0.246 e. The van der Waals surface area contributed by atoms with Gasteiger partial charge in [0.05, 0.1) is 41.9 Å². The Balaban J connectivity index is 1.28. The summed E-state index contributed by atoms with van der Waals surface area (Å²) in [6.45, 7) is 10.7. The van der Waals surface area contributed by atoms with E-state index in [0.717, 1.165) is 12.8 Å². The van der Waals surface area contributed by atoms with Gasteiger partial charge in [0.15, 0.2) is 5.82 Å². The molecular formula is C46H59F4N7O4. The fourth-order valence-corrected chi connectivity index (χ4v) is 9.19. The number of ketones is 1. The Kier molecular flexibility index (Phi) is 12.7. The lowest BCUT2D eigenvalue weighted by molar-refractivity contribution is -0.141. The molecule has 330 valence electrons. The first-order chi connectivity index (χ1) is 28.9. The number of fused-ring (bicyclic) bond motifs is 2. The van der Waals surface area contributed by atoms with Crippen LogP contribution in [0.4, 0.5) is 17.6 Å². The number of hydrogen-bond donors (Lipinski definition) is 3. The molecule has 2 saturated heterocycles. The number of aromatic nitrogens is 3. The zero-order chi connectivity index (χ0) is 44.1. The van der Waals surface area contributed by atoms with Crippen molar-refractivity contribution in [3.63, 3.8) is 0 Å². The van der Waals surface area contributed by atoms with Crippen molar-refractivity contribution in [2.75, 3.05) is 20.1 Å². The molecule has 3 fully saturated rings. The van der Waals surface area contributed by atoms with Gasteiger partial charge < -0.3 is 30.0 Å². The van der Waals surface area contributed by atoms with Crippen molar-refractivity contribution in [2.45, 2.75) is 130 Å². The lowest BCUT2D eigenvalue weighted by Gasteiger charge is -2.36. The van der Waals surface area contributed by atoms with E-state index in [0.29, 0.717) is 45.4 Å². The Morgan fingerprint density at radius 3 is 2.20 bits per heavy atom. The van der Waals surface area contributed by atoms with E-state index in [4.69, 9.17) is 4.98 Å². The van der Waals surface area contributed by atoms with Crippen LogP contribution in [0.3, 0.4) is 0 Å². The SMILES string of the molecule is CC[C@@H](C)C(=O)N[C@H](C(=O)N1C[C@@H](F)C[C@H]1Cn1c(-c2[nH]c3cc(F)ccc3c2C[C@@H]2C[C@H](F)CN2C(=O)[C@@H](CC(=O)[C@H](C)NC)C2CC2)nc2cc(F)ccc21)C(C)(C)C. The lowest BCUT2D eigenvalue weighted by Crippen LogP contribution is -2.57. The molecule has 1 aliphatic carbocycles. The summed E-state index contributed by atoms with van der Waals surface area (Å²) in [4.78, 5) is 66.3. The normalized spacial score (nSPS) is 22.8. The van der Waals surface area contributed by atoms with Crippen LogP contribution in [0.1, 0.15) is 85.6 Å². The first-order valence-corrected chi connectivity index (χ1v) is 21.7. The number of rotatable bonds is 15. The molecule has 4 aromatic rings. The molecule has 3 amide bonds. The number of aromatic amines is 1. The van der Waals surface area contributed by atoms with E-state index in [-0.39, 0.29) is 74.8 Å². The number of carbonyl (C=O) groups excluding carboxylic acids is 4. The lowest BCUT2D eigenvalue weighted by atomic mass is 9.85. The van der Waals surface area contributed by atoms with Crippen molar-refractivity contribution in [3.05, 3.63) is 53.6 Å². The minimum atomic E-state index is -1.35. The Labute approximate surface area is 354 Å². The van der Waals surface area contributed by atoms with Crippen LogP contribution in [-0.2, 0) is 32.1 Å². The van der Waals surface area contributed by atoms with Gasteiger partial charge in [0.1, 0.15) is 35.8 Å². The molecule has 0 radical (unpaired) electrons. The number of H-pyrrole nitrogens is 1. The number of halogens is 4. The molecule has 3 aliphatic rings. The average Bonchev–Trinajstić information content (AvgIpc) is 3.57. The zero-order valence-corrected chi connectivity index (χ0v) is 36.2. The van der Waals surface area contributed by atoms with E-state index in [9.17, 15) is 28.0 Å². The van der Waals surface area contributed by atoms with Crippen LogP contribution in [0.5, 0.6) is 0 Å². The first-order valence-electron chi connectivity index (χ1n) is 21.7. The second kappa shape index (κ2) is 17.5. The molecule has 11 nitrogen and oxygen atoms in total. The van der Waals surface area contributed by atoms with E-state index in [2.05, 4.69) is 15.6 Å². The number of hydrogen-bond acceptors (Lipinski definition) is 6. The number of nitrogens with one attached hydrogen (secondary N) is 3. The van der Waals surface area contributed by atoms with Crippen molar-refractivity contribution in [3.8, 4) is 11.5 Å². The number of carbonyl (C=O) groups is 4. The van der Waals surface area contributed by atoms with Crippen LogP contribution in [0.25, 0.3) is 33.5 Å². The maximum absolute atomic E-state index is 15.6. The Morgan fingerprint density at radius 1 is 0.918 bits per heavy atom. The molecule has 0 unspecified atom stereocenters. The summed E-state index contributed by atoms with van der Waals surface area (Å²) in [5, 5.41) is 6.51. The van der Waals surface area contributed by atoms with Crippen LogP contribution >= 0.6 is 0 Å². The summed E-state index contributed by atoms with van der Waals surface area (Å²) >= 11 is 0. The monoisotopic (exact) mass is 849 g/mol. The molecule has 1 saturated carbocycles. The summed E-state index contributed by atoms with van der Waals surface area (Å²) in [6, 6.07) is 5.77. The second-order valence-electron chi connectivity index (χ2n) is 18.7. The van der Waals surface area contributed by atoms with Crippen LogP contribution in [-0.4, -0.2) is 104 Å². The summed E-state index contributed by atoms with van der Waals surface area (Å²) in [5.41, 5.74) is 1.59. The Morgan fingerprint density at radius 2 is 1.56 bits per heavy atom. The van der Waals surface area contributed by atoms with Crippen molar-refractivity contribution >= 4 is 45.4 Å². The van der Waals surface area contributed by atoms with Gasteiger partial charge in [0, 0.05) is 60.7 Å². The van der Waals surface area contributed by atoms with Crippen molar-refractivity contribution in [1.82, 2.24) is 35.0 Å². The highest BCUT2D eigenvalue weighted by Gasteiger charge is 2.46. The standard InChI is InChI=1S/C46H59F4N7O4/c1-8-24(2)43(59)54-41(46(4,5)6)45(61)56-22-30(50)16-32(56)23-57-38-14-12-28(48)18-37(38)53-42(57)40-35(33-13-11-27(47)17-36(33)52-40)19-31-15-29(49)21-55(31)44(60)34(26-9-10-26)20-39(58)25(3)51-7/h11-14,17-18,24-26,29-32,34,41,51-52H,8-10,15-16,19-23H2,1-7H3,(H,54,59)/t24-,25+,29+,30+,31+,32+,34+,41-/m1/s1. The summed E-state index contributed by atoms with van der Waals surface area (Å²) in [7, 11) is 1.69. The number of likely N-dealkylation sites (tertiary alicyclic amines) is 2. The fraction of sp³-hybridized carbons (Fsp3) is 0.587. The highest BCUT2D eigenvalue weighted by Crippen LogP contribution is 2.42. The molecule has 7 rings (SSSR count). The quantitative estimate of drug-likeness (QED) is 0.110. The van der Waals surface area contributed by atoms with Crippen LogP contribution in [0.2, 0.25) is 0 Å². The highest BCUT2D eigenvalue weighted by molar-refractivity contribution is 5.93. The number of likely N-dealkylation sites (N-methyl/N-ethyl adjacent to an activating group) is 1.